The molecule has 0 aliphatic carbocycles. The standard InChI is InChI=1S/C36H39FN8O3/c1-42-14-5-8-29(42)24-47-35-40-32-22-43(33-20-39-19-26-18-27(37)9-10-30(26)33)15-12-31(32)34(41-35)44-16-17-45(28(21-44)11-13-38)36(46)48-23-25-6-3-2-4-7-25/h2-4,6-7,9-10,18-20,28-29H,5,8,11-12,14-17,21-24H2,1H3/t28-,29-/m0/s1. The van der Waals surface area contributed by atoms with Crippen LogP contribution in [-0.2, 0) is 24.3 Å². The van der Waals surface area contributed by atoms with Gasteiger partial charge in [0, 0.05) is 54.8 Å². The number of carbonyl (C=O) groups excluding carboxylic acids is 1. The van der Waals surface area contributed by atoms with Crippen LogP contribution in [0.4, 0.5) is 20.7 Å². The smallest absolute Gasteiger partial charge is 0.410 e. The summed E-state index contributed by atoms with van der Waals surface area (Å²) in [5.74, 6) is 0.490. The van der Waals surface area contributed by atoms with Crippen LogP contribution in [0.3, 0.4) is 0 Å². The molecule has 0 radical (unpaired) electrons. The van der Waals surface area contributed by atoms with Crippen molar-refractivity contribution in [1.29, 1.82) is 5.26 Å². The number of hydrogen-bond acceptors (Lipinski definition) is 10. The average molecular weight is 651 g/mol. The molecule has 0 bridgehead atoms. The first-order valence-electron chi connectivity index (χ1n) is 16.6. The molecule has 2 aromatic heterocycles. The highest BCUT2D eigenvalue weighted by molar-refractivity contribution is 5.93. The largest absolute Gasteiger partial charge is 0.462 e. The lowest BCUT2D eigenvalue weighted by Crippen LogP contribution is -2.55. The number of likely N-dealkylation sites (tertiary alicyclic amines) is 1. The van der Waals surface area contributed by atoms with Crippen molar-refractivity contribution < 1.29 is 18.7 Å². The first-order chi connectivity index (χ1) is 23.5. The van der Waals surface area contributed by atoms with Gasteiger partial charge in [0.2, 0.25) is 0 Å². The molecule has 2 atom stereocenters. The summed E-state index contributed by atoms with van der Waals surface area (Å²) in [7, 11) is 2.11. The number of anilines is 2. The highest BCUT2D eigenvalue weighted by atomic mass is 19.1. The fraction of sp³-hybridized carbons (Fsp3) is 0.417. The second-order valence-electron chi connectivity index (χ2n) is 12.7. The molecule has 4 aromatic rings. The molecule has 2 saturated heterocycles. The van der Waals surface area contributed by atoms with Gasteiger partial charge in [-0.2, -0.15) is 15.2 Å². The predicted octanol–water partition coefficient (Wildman–Crippen LogP) is 4.94. The monoisotopic (exact) mass is 650 g/mol. The lowest BCUT2D eigenvalue weighted by molar-refractivity contribution is 0.0767. The fourth-order valence-electron chi connectivity index (χ4n) is 7.03. The molecule has 2 aromatic carbocycles. The van der Waals surface area contributed by atoms with Gasteiger partial charge in [-0.05, 0) is 56.6 Å². The van der Waals surface area contributed by atoms with E-state index in [1.54, 1.807) is 17.2 Å². The van der Waals surface area contributed by atoms with Crippen molar-refractivity contribution in [2.45, 2.75) is 50.9 Å². The molecule has 0 unspecified atom stereocenters. The number of piperazine rings is 1. The summed E-state index contributed by atoms with van der Waals surface area (Å²) in [5.41, 5.74) is 3.73. The SMILES string of the molecule is CN1CCC[C@H]1COc1nc2c(c(N3CCN(C(=O)OCc4ccccc4)[C@@H](CC#N)C3)n1)CCN(c1cncc3cc(F)ccc13)C2. The Bertz CT molecular complexity index is 1820. The van der Waals surface area contributed by atoms with Crippen molar-refractivity contribution >= 4 is 28.4 Å². The number of benzene rings is 2. The van der Waals surface area contributed by atoms with E-state index in [1.165, 1.54) is 12.1 Å². The molecule has 248 valence electrons. The Kier molecular flexibility index (Phi) is 9.20. The van der Waals surface area contributed by atoms with Gasteiger partial charge in [-0.3, -0.25) is 4.98 Å². The Labute approximate surface area is 279 Å². The van der Waals surface area contributed by atoms with Gasteiger partial charge in [0.15, 0.2) is 0 Å². The maximum absolute atomic E-state index is 14.0. The van der Waals surface area contributed by atoms with Crippen LogP contribution < -0.4 is 14.5 Å². The maximum Gasteiger partial charge on any atom is 0.410 e. The zero-order valence-corrected chi connectivity index (χ0v) is 27.1. The van der Waals surface area contributed by atoms with Crippen LogP contribution in [0.1, 0.15) is 36.1 Å². The minimum atomic E-state index is -0.424. The Morgan fingerprint density at radius 3 is 2.73 bits per heavy atom. The number of amides is 1. The number of fused-ring (bicyclic) bond motifs is 2. The van der Waals surface area contributed by atoms with Crippen molar-refractivity contribution in [2.75, 3.05) is 56.2 Å². The van der Waals surface area contributed by atoms with Gasteiger partial charge in [0.25, 0.3) is 0 Å². The first kappa shape index (κ1) is 31.6. The van der Waals surface area contributed by atoms with Crippen LogP contribution in [0.2, 0.25) is 0 Å². The summed E-state index contributed by atoms with van der Waals surface area (Å²) < 4.78 is 26.0. The van der Waals surface area contributed by atoms with Gasteiger partial charge in [-0.1, -0.05) is 30.3 Å². The van der Waals surface area contributed by atoms with E-state index in [-0.39, 0.29) is 24.9 Å². The van der Waals surface area contributed by atoms with Crippen molar-refractivity contribution in [2.24, 2.45) is 0 Å². The molecule has 0 spiro atoms. The number of ether oxygens (including phenoxy) is 2. The molecule has 2 fully saturated rings. The molecule has 48 heavy (non-hydrogen) atoms. The van der Waals surface area contributed by atoms with E-state index < -0.39 is 6.09 Å². The van der Waals surface area contributed by atoms with Gasteiger partial charge in [0.05, 0.1) is 42.7 Å². The lowest BCUT2D eigenvalue weighted by atomic mass is 10.0. The van der Waals surface area contributed by atoms with E-state index in [4.69, 9.17) is 19.4 Å². The number of carbonyl (C=O) groups is 1. The number of halogens is 1. The number of nitrogens with zero attached hydrogens (tertiary/aromatic N) is 8. The van der Waals surface area contributed by atoms with E-state index in [0.29, 0.717) is 57.8 Å². The highest BCUT2D eigenvalue weighted by Gasteiger charge is 2.35. The molecule has 7 rings (SSSR count). The van der Waals surface area contributed by atoms with E-state index in [1.807, 2.05) is 36.5 Å². The topological polar surface area (TPSA) is 111 Å². The molecule has 11 nitrogen and oxygen atoms in total. The van der Waals surface area contributed by atoms with Crippen molar-refractivity contribution in [3.8, 4) is 12.1 Å². The van der Waals surface area contributed by atoms with E-state index in [0.717, 1.165) is 58.5 Å². The number of nitriles is 1. The summed E-state index contributed by atoms with van der Waals surface area (Å²) >= 11 is 0. The van der Waals surface area contributed by atoms with Crippen LogP contribution in [-0.4, -0.2) is 89.3 Å². The van der Waals surface area contributed by atoms with Gasteiger partial charge in [0.1, 0.15) is 24.8 Å². The van der Waals surface area contributed by atoms with Crippen molar-refractivity contribution in [3.05, 3.63) is 83.6 Å². The molecule has 3 aliphatic rings. The summed E-state index contributed by atoms with van der Waals surface area (Å²) in [6.07, 6.45) is 6.13. The van der Waals surface area contributed by atoms with Crippen LogP contribution in [0.15, 0.2) is 60.9 Å². The zero-order valence-electron chi connectivity index (χ0n) is 27.1. The number of aromatic nitrogens is 3. The summed E-state index contributed by atoms with van der Waals surface area (Å²) in [6, 6.07) is 16.9. The van der Waals surface area contributed by atoms with Crippen LogP contribution in [0, 0.1) is 17.1 Å². The van der Waals surface area contributed by atoms with Crippen molar-refractivity contribution in [1.82, 2.24) is 24.8 Å². The first-order valence-corrected chi connectivity index (χ1v) is 16.6. The molecule has 0 N–H and O–H groups in total. The number of pyridine rings is 1. The lowest BCUT2D eigenvalue weighted by Gasteiger charge is -2.42. The number of hydrogen-bond donors (Lipinski definition) is 0. The Morgan fingerprint density at radius 1 is 1.04 bits per heavy atom. The van der Waals surface area contributed by atoms with Gasteiger partial charge >= 0.3 is 12.1 Å². The highest BCUT2D eigenvalue weighted by Crippen LogP contribution is 2.35. The van der Waals surface area contributed by atoms with Gasteiger partial charge < -0.3 is 29.1 Å². The minimum Gasteiger partial charge on any atom is -0.462 e. The van der Waals surface area contributed by atoms with E-state index in [2.05, 4.69) is 32.8 Å². The van der Waals surface area contributed by atoms with Crippen molar-refractivity contribution in [3.63, 3.8) is 0 Å². The zero-order chi connectivity index (χ0) is 33.0. The third-order valence-corrected chi connectivity index (χ3v) is 9.69. The summed E-state index contributed by atoms with van der Waals surface area (Å²) in [6.45, 7) is 4.28. The normalized spacial score (nSPS) is 19.6. The Hall–Kier alpha value is -5.02. The second-order valence-corrected chi connectivity index (χ2v) is 12.7. The molecular weight excluding hydrogens is 611 g/mol. The third-order valence-electron chi connectivity index (χ3n) is 9.69. The summed E-state index contributed by atoms with van der Waals surface area (Å²) in [4.78, 5) is 35.9. The summed E-state index contributed by atoms with van der Waals surface area (Å²) in [5, 5.41) is 11.4. The molecule has 12 heteroatoms. The molecule has 1 amide bonds. The molecular formula is C36H39FN8O3. The van der Waals surface area contributed by atoms with Crippen LogP contribution >= 0.6 is 0 Å². The van der Waals surface area contributed by atoms with Crippen LogP contribution in [0.25, 0.3) is 10.8 Å². The predicted molar refractivity (Wildman–Crippen MR) is 179 cm³/mol. The Balaban J connectivity index is 1.15. The second kappa shape index (κ2) is 14.0. The average Bonchev–Trinajstić information content (AvgIpc) is 3.53. The van der Waals surface area contributed by atoms with E-state index in [9.17, 15) is 14.4 Å². The van der Waals surface area contributed by atoms with E-state index >= 15 is 0 Å². The number of likely N-dealkylation sites (N-methyl/N-ethyl adjacent to an activating group) is 1. The van der Waals surface area contributed by atoms with Gasteiger partial charge in [-0.25, -0.2) is 9.18 Å². The fourth-order valence-corrected chi connectivity index (χ4v) is 7.03. The Morgan fingerprint density at radius 2 is 1.92 bits per heavy atom. The minimum absolute atomic E-state index is 0.171. The molecule has 5 heterocycles. The third kappa shape index (κ3) is 6.69. The van der Waals surface area contributed by atoms with Crippen LogP contribution in [0.5, 0.6) is 6.01 Å². The molecule has 3 aliphatic heterocycles. The van der Waals surface area contributed by atoms with Gasteiger partial charge in [-0.15, -0.1) is 0 Å². The maximum atomic E-state index is 14.0. The quantitative estimate of drug-likeness (QED) is 0.260. The molecule has 0 saturated carbocycles. The number of rotatable bonds is 8.